The molecular weight excluding hydrogens is 536 g/mol. The van der Waals surface area contributed by atoms with Crippen LogP contribution in [0.4, 0.5) is 0 Å². The molecule has 210 valence electrons. The molecular formula is C29H30N2O8S. The van der Waals surface area contributed by atoms with Gasteiger partial charge in [0.1, 0.15) is 6.61 Å². The zero-order valence-electron chi connectivity index (χ0n) is 22.9. The molecule has 10 nitrogen and oxygen atoms in total. The Bertz CT molecular complexity index is 1530. The van der Waals surface area contributed by atoms with Gasteiger partial charge in [0.25, 0.3) is 11.0 Å². The second-order valence-electron chi connectivity index (χ2n) is 9.23. The summed E-state index contributed by atoms with van der Waals surface area (Å²) in [5.74, 6) is 1.05. The third kappa shape index (κ3) is 5.84. The number of nitrogens with zero attached hydrogens (tertiary/aromatic N) is 1. The van der Waals surface area contributed by atoms with Crippen molar-refractivity contribution in [2.45, 2.75) is 37.3 Å². The fraction of sp³-hybridized carbons (Fsp3) is 0.310. The van der Waals surface area contributed by atoms with Crippen LogP contribution in [0.25, 0.3) is 11.1 Å². The molecule has 1 aliphatic rings. The van der Waals surface area contributed by atoms with Gasteiger partial charge in [-0.15, -0.1) is 21.9 Å². The monoisotopic (exact) mass is 566 g/mol. The van der Waals surface area contributed by atoms with Crippen molar-refractivity contribution in [1.82, 2.24) is 5.32 Å². The normalized spacial score (nSPS) is 13.8. The molecule has 0 saturated carbocycles. The second kappa shape index (κ2) is 12.3. The summed E-state index contributed by atoms with van der Waals surface area (Å²) in [7, 11) is 4.64. The Morgan fingerprint density at radius 3 is 2.48 bits per heavy atom. The average Bonchev–Trinajstić information content (AvgIpc) is 3.18. The maximum absolute atomic E-state index is 13.5. The Morgan fingerprint density at radius 1 is 1.07 bits per heavy atom. The first kappa shape index (κ1) is 28.8. The lowest BCUT2D eigenvalue weighted by atomic mass is 9.95. The largest absolute Gasteiger partial charge is 0.493 e. The van der Waals surface area contributed by atoms with Crippen molar-refractivity contribution < 1.29 is 28.9 Å². The molecule has 1 atom stereocenters. The first-order valence-corrected chi connectivity index (χ1v) is 13.7. The smallest absolute Gasteiger partial charge is 0.294 e. The molecule has 1 aliphatic carbocycles. The van der Waals surface area contributed by atoms with Gasteiger partial charge in [0.05, 0.1) is 32.3 Å². The molecule has 1 N–H and O–H groups in total. The molecule has 0 unspecified atom stereocenters. The standard InChI is InChI=1S/C29H30N2O8S/c1-16-10-17(15-39-31(34)35)12-19(11-16)29(33)30-22-8-6-18-13-24(36-2)27(37-3)28(38-4)26(18)20-7-9-25(40-5)23(32)14-21(20)22/h7,9-14,22H,6,8,15H2,1-5H3,(H,30,33)/t22-/m0/s1. The van der Waals surface area contributed by atoms with Crippen LogP contribution in [0.15, 0.2) is 52.2 Å². The number of nitrogens with one attached hydrogen (secondary N) is 1. The fourth-order valence-corrected chi connectivity index (χ4v) is 5.53. The van der Waals surface area contributed by atoms with Crippen LogP contribution in [0.2, 0.25) is 0 Å². The van der Waals surface area contributed by atoms with E-state index in [0.29, 0.717) is 51.7 Å². The highest BCUT2D eigenvalue weighted by Crippen LogP contribution is 2.50. The van der Waals surface area contributed by atoms with E-state index in [2.05, 4.69) is 10.2 Å². The number of ether oxygens (including phenoxy) is 3. The van der Waals surface area contributed by atoms with E-state index in [1.165, 1.54) is 18.9 Å². The van der Waals surface area contributed by atoms with E-state index in [1.807, 2.05) is 18.4 Å². The van der Waals surface area contributed by atoms with E-state index in [4.69, 9.17) is 14.2 Å². The van der Waals surface area contributed by atoms with Crippen LogP contribution in [0.3, 0.4) is 0 Å². The van der Waals surface area contributed by atoms with E-state index in [-0.39, 0.29) is 17.9 Å². The number of carbonyl (C=O) groups excluding carboxylic acids is 1. The van der Waals surface area contributed by atoms with E-state index in [1.54, 1.807) is 51.5 Å². The number of aryl methyl sites for hydroxylation is 2. The first-order valence-electron chi connectivity index (χ1n) is 12.4. The average molecular weight is 567 g/mol. The minimum Gasteiger partial charge on any atom is -0.493 e. The van der Waals surface area contributed by atoms with Crippen LogP contribution in [-0.2, 0) is 17.9 Å². The van der Waals surface area contributed by atoms with Gasteiger partial charge in [-0.1, -0.05) is 12.1 Å². The summed E-state index contributed by atoms with van der Waals surface area (Å²) >= 11 is 1.34. The molecule has 0 spiro atoms. The van der Waals surface area contributed by atoms with Crippen LogP contribution in [0.5, 0.6) is 17.2 Å². The predicted octanol–water partition coefficient (Wildman–Crippen LogP) is 4.90. The summed E-state index contributed by atoms with van der Waals surface area (Å²) in [4.78, 5) is 42.4. The highest BCUT2D eigenvalue weighted by atomic mass is 32.2. The van der Waals surface area contributed by atoms with Gasteiger partial charge < -0.3 is 24.4 Å². The van der Waals surface area contributed by atoms with Gasteiger partial charge in [0, 0.05) is 11.1 Å². The third-order valence-electron chi connectivity index (χ3n) is 6.76. The van der Waals surface area contributed by atoms with Crippen LogP contribution in [0, 0.1) is 17.0 Å². The molecule has 3 aromatic carbocycles. The number of rotatable bonds is 9. The Balaban J connectivity index is 1.84. The molecule has 0 aromatic heterocycles. The Morgan fingerprint density at radius 2 is 1.82 bits per heavy atom. The van der Waals surface area contributed by atoms with Gasteiger partial charge in [-0.05, 0) is 84.2 Å². The van der Waals surface area contributed by atoms with Crippen LogP contribution in [-0.4, -0.2) is 38.6 Å². The minimum atomic E-state index is -0.871. The van der Waals surface area contributed by atoms with Crippen LogP contribution < -0.4 is 25.0 Å². The highest BCUT2D eigenvalue weighted by molar-refractivity contribution is 7.98. The zero-order valence-corrected chi connectivity index (χ0v) is 23.7. The molecule has 0 radical (unpaired) electrons. The van der Waals surface area contributed by atoms with Crippen molar-refractivity contribution in [3.8, 4) is 28.4 Å². The molecule has 1 amide bonds. The van der Waals surface area contributed by atoms with Gasteiger partial charge in [0.15, 0.2) is 16.9 Å². The fourth-order valence-electron chi connectivity index (χ4n) is 5.06. The van der Waals surface area contributed by atoms with Crippen molar-refractivity contribution in [3.63, 3.8) is 0 Å². The molecule has 11 heteroatoms. The van der Waals surface area contributed by atoms with Crippen molar-refractivity contribution in [3.05, 3.63) is 90.6 Å². The molecule has 4 rings (SSSR count). The molecule has 0 bridgehead atoms. The summed E-state index contributed by atoms with van der Waals surface area (Å²) in [6.07, 6.45) is 2.88. The molecule has 3 aromatic rings. The SMILES string of the molecule is COc1cc2c(c(OC)c1OC)-c1ccc(SC)c(=O)cc1[C@@H](NC(=O)c1cc(C)cc(CO[N+](=O)[O-])c1)CC2. The molecule has 40 heavy (non-hydrogen) atoms. The maximum atomic E-state index is 13.5. The quantitative estimate of drug-likeness (QED) is 0.219. The second-order valence-corrected chi connectivity index (χ2v) is 10.1. The lowest BCUT2D eigenvalue weighted by molar-refractivity contribution is -0.763. The van der Waals surface area contributed by atoms with Gasteiger partial charge in [-0.3, -0.25) is 9.59 Å². The number of methoxy groups -OCH3 is 3. The van der Waals surface area contributed by atoms with E-state index in [0.717, 1.165) is 22.3 Å². The molecule has 0 saturated heterocycles. The van der Waals surface area contributed by atoms with Crippen molar-refractivity contribution in [2.24, 2.45) is 0 Å². The first-order chi connectivity index (χ1) is 19.2. The summed E-state index contributed by atoms with van der Waals surface area (Å²) in [6.45, 7) is 1.53. The Labute approximate surface area is 235 Å². The van der Waals surface area contributed by atoms with Crippen molar-refractivity contribution in [1.29, 1.82) is 0 Å². The minimum absolute atomic E-state index is 0.161. The zero-order chi connectivity index (χ0) is 29.0. The van der Waals surface area contributed by atoms with E-state index < -0.39 is 11.1 Å². The van der Waals surface area contributed by atoms with E-state index in [9.17, 15) is 19.7 Å². The van der Waals surface area contributed by atoms with Crippen molar-refractivity contribution >= 4 is 17.7 Å². The topological polar surface area (TPSA) is 126 Å². The highest BCUT2D eigenvalue weighted by Gasteiger charge is 2.30. The summed E-state index contributed by atoms with van der Waals surface area (Å²) < 4.78 is 17.0. The van der Waals surface area contributed by atoms with Gasteiger partial charge in [0.2, 0.25) is 5.75 Å². The molecule has 0 heterocycles. The lowest BCUT2D eigenvalue weighted by Gasteiger charge is -2.20. The number of hydrogen-bond acceptors (Lipinski definition) is 9. The van der Waals surface area contributed by atoms with Gasteiger partial charge in [-0.25, -0.2) is 0 Å². The lowest BCUT2D eigenvalue weighted by Crippen LogP contribution is -2.29. The number of thioether (sulfide) groups is 1. The predicted molar refractivity (Wildman–Crippen MR) is 151 cm³/mol. The van der Waals surface area contributed by atoms with Gasteiger partial charge >= 0.3 is 0 Å². The summed E-state index contributed by atoms with van der Waals surface area (Å²) in [5.41, 5.74) is 4.49. The summed E-state index contributed by atoms with van der Waals surface area (Å²) in [5, 5.41) is 12.9. The Hall–Kier alpha value is -4.25. The summed E-state index contributed by atoms with van der Waals surface area (Å²) in [6, 6.07) is 11.6. The Kier molecular flexibility index (Phi) is 8.83. The molecule has 0 aliphatic heterocycles. The number of carbonyl (C=O) groups is 1. The van der Waals surface area contributed by atoms with E-state index >= 15 is 0 Å². The van der Waals surface area contributed by atoms with Crippen LogP contribution >= 0.6 is 11.8 Å². The maximum Gasteiger partial charge on any atom is 0.294 e. The van der Waals surface area contributed by atoms with Gasteiger partial charge in [-0.2, -0.15) is 0 Å². The molecule has 0 fully saturated rings. The number of hydrogen-bond donors (Lipinski definition) is 1. The number of benzene rings is 2. The number of fused-ring (bicyclic) bond motifs is 3. The number of amides is 1. The van der Waals surface area contributed by atoms with Crippen molar-refractivity contribution in [2.75, 3.05) is 27.6 Å². The third-order valence-corrected chi connectivity index (χ3v) is 7.54. The van der Waals surface area contributed by atoms with Crippen LogP contribution in [0.1, 0.15) is 45.1 Å².